The molecule has 0 aromatic carbocycles. The predicted molar refractivity (Wildman–Crippen MR) is 124 cm³/mol. The van der Waals surface area contributed by atoms with E-state index in [-0.39, 0.29) is 23.2 Å². The van der Waals surface area contributed by atoms with Crippen molar-refractivity contribution in [1.82, 2.24) is 0 Å². The van der Waals surface area contributed by atoms with Crippen molar-refractivity contribution in [1.29, 1.82) is 0 Å². The molecule has 0 saturated heterocycles. The maximum atomic E-state index is 11.7. The molecule has 0 bridgehead atoms. The molecule has 0 radical (unpaired) electrons. The number of ether oxygens (including phenoxy) is 1. The Hall–Kier alpha value is -1.13. The van der Waals surface area contributed by atoms with Gasteiger partial charge >= 0.3 is 5.97 Å². The molecule has 1 unspecified atom stereocenters. The van der Waals surface area contributed by atoms with Crippen LogP contribution >= 0.6 is 0 Å². The first-order chi connectivity index (χ1) is 12.7. The van der Waals surface area contributed by atoms with Gasteiger partial charge in [-0.15, -0.1) is 0 Å². The largest absolute Gasteiger partial charge is 0.460 e. The van der Waals surface area contributed by atoms with Gasteiger partial charge in [-0.2, -0.15) is 0 Å². The van der Waals surface area contributed by atoms with Gasteiger partial charge in [-0.05, 0) is 78.4 Å². The summed E-state index contributed by atoms with van der Waals surface area (Å²) < 4.78 is 11.7. The van der Waals surface area contributed by atoms with Gasteiger partial charge < -0.3 is 9.16 Å². The fourth-order valence-corrected chi connectivity index (χ4v) is 3.87. The molecule has 3 nitrogen and oxygen atoms in total. The van der Waals surface area contributed by atoms with Gasteiger partial charge in [0.15, 0.2) is 8.32 Å². The van der Waals surface area contributed by atoms with E-state index in [1.165, 1.54) is 5.57 Å². The maximum Gasteiger partial charge on any atom is 0.330 e. The number of rotatable bonds is 11. The average molecular weight is 409 g/mol. The normalized spacial score (nSPS) is 15.0. The second kappa shape index (κ2) is 11.8. The minimum absolute atomic E-state index is 0.0755. The molecule has 0 fully saturated rings. The fraction of sp³-hybridized carbons (Fsp3) is 0.708. The van der Waals surface area contributed by atoms with Crippen LogP contribution in [0.4, 0.5) is 0 Å². The summed E-state index contributed by atoms with van der Waals surface area (Å²) in [6.07, 6.45) is 7.70. The Kier molecular flexibility index (Phi) is 11.3. The van der Waals surface area contributed by atoms with E-state index < -0.39 is 8.32 Å². The monoisotopic (exact) mass is 408 g/mol. The Morgan fingerprint density at radius 2 is 1.64 bits per heavy atom. The molecular weight excluding hydrogens is 364 g/mol. The van der Waals surface area contributed by atoms with Gasteiger partial charge in [-0.1, -0.05) is 50.1 Å². The predicted octanol–water partition coefficient (Wildman–Crippen LogP) is 7.36. The number of esters is 1. The van der Waals surface area contributed by atoms with Crippen molar-refractivity contribution < 1.29 is 14.0 Å². The van der Waals surface area contributed by atoms with E-state index in [0.717, 1.165) is 36.8 Å². The van der Waals surface area contributed by atoms with Gasteiger partial charge in [0, 0.05) is 6.08 Å². The molecule has 0 spiro atoms. The van der Waals surface area contributed by atoms with Crippen molar-refractivity contribution in [2.24, 2.45) is 0 Å². The van der Waals surface area contributed by atoms with Crippen LogP contribution in [0.25, 0.3) is 0 Å². The van der Waals surface area contributed by atoms with Crippen molar-refractivity contribution in [2.45, 2.75) is 111 Å². The zero-order valence-electron chi connectivity index (χ0n) is 20.1. The summed E-state index contributed by atoms with van der Waals surface area (Å²) in [6, 6.07) is 0. The first kappa shape index (κ1) is 26.9. The van der Waals surface area contributed by atoms with Crippen molar-refractivity contribution >= 4 is 14.3 Å². The van der Waals surface area contributed by atoms with Crippen LogP contribution in [0.3, 0.4) is 0 Å². The van der Waals surface area contributed by atoms with Crippen LogP contribution in [0.1, 0.15) is 81.1 Å². The minimum atomic E-state index is -1.80. The number of carbonyl (C=O) groups is 1. The van der Waals surface area contributed by atoms with Gasteiger partial charge in [0.1, 0.15) is 0 Å². The molecule has 0 amide bonds. The van der Waals surface area contributed by atoms with Crippen LogP contribution in [0.15, 0.2) is 35.5 Å². The van der Waals surface area contributed by atoms with E-state index in [1.807, 2.05) is 20.8 Å². The second-order valence-corrected chi connectivity index (χ2v) is 14.6. The highest BCUT2D eigenvalue weighted by Crippen LogP contribution is 2.38. The highest BCUT2D eigenvalue weighted by atomic mass is 28.4. The Bertz CT molecular complexity index is 577. The third-order valence-electron chi connectivity index (χ3n) is 5.34. The lowest BCUT2D eigenvalue weighted by molar-refractivity contribution is -0.141. The summed E-state index contributed by atoms with van der Waals surface area (Å²) in [4.78, 5) is 11.7. The first-order valence-corrected chi connectivity index (χ1v) is 13.4. The van der Waals surface area contributed by atoms with Gasteiger partial charge in [-0.3, -0.25) is 0 Å². The highest BCUT2D eigenvalue weighted by Gasteiger charge is 2.39. The van der Waals surface area contributed by atoms with Gasteiger partial charge in [-0.25, -0.2) is 4.79 Å². The molecule has 0 saturated carbocycles. The minimum Gasteiger partial charge on any atom is -0.460 e. The Morgan fingerprint density at radius 1 is 1.07 bits per heavy atom. The van der Waals surface area contributed by atoms with Crippen LogP contribution in [-0.4, -0.2) is 26.5 Å². The zero-order valence-corrected chi connectivity index (χ0v) is 21.1. The lowest BCUT2D eigenvalue weighted by atomic mass is 10.0. The van der Waals surface area contributed by atoms with E-state index >= 15 is 0 Å². The van der Waals surface area contributed by atoms with Crippen LogP contribution in [0.2, 0.25) is 18.1 Å². The summed E-state index contributed by atoms with van der Waals surface area (Å²) in [5, 5.41) is 0.201. The van der Waals surface area contributed by atoms with E-state index in [9.17, 15) is 4.79 Å². The Balaban J connectivity index is 4.63. The average Bonchev–Trinajstić information content (AvgIpc) is 2.48. The molecule has 0 aromatic heterocycles. The topological polar surface area (TPSA) is 35.5 Å². The quantitative estimate of drug-likeness (QED) is 0.155. The molecule has 0 aromatic rings. The van der Waals surface area contributed by atoms with Crippen molar-refractivity contribution in [3.63, 3.8) is 0 Å². The first-order valence-electron chi connectivity index (χ1n) is 10.5. The second-order valence-electron chi connectivity index (χ2n) is 9.82. The fourth-order valence-electron chi connectivity index (χ4n) is 2.49. The number of hydrogen-bond acceptors (Lipinski definition) is 3. The van der Waals surface area contributed by atoms with Crippen LogP contribution < -0.4 is 0 Å². The van der Waals surface area contributed by atoms with Gasteiger partial charge in [0.2, 0.25) is 0 Å². The van der Waals surface area contributed by atoms with Crippen LogP contribution in [-0.2, 0) is 14.0 Å². The number of hydrogen-bond donors (Lipinski definition) is 0. The van der Waals surface area contributed by atoms with E-state index in [1.54, 1.807) is 6.08 Å². The van der Waals surface area contributed by atoms with Crippen LogP contribution in [0.5, 0.6) is 0 Å². The smallest absolute Gasteiger partial charge is 0.330 e. The zero-order chi connectivity index (χ0) is 22.1. The summed E-state index contributed by atoms with van der Waals surface area (Å²) in [6.45, 7) is 25.5. The summed E-state index contributed by atoms with van der Waals surface area (Å²) in [7, 11) is -1.80. The van der Waals surface area contributed by atoms with Crippen molar-refractivity contribution in [3.8, 4) is 0 Å². The lowest BCUT2D eigenvalue weighted by Crippen LogP contribution is -2.44. The number of carbonyl (C=O) groups excluding carboxylic acids is 1. The molecule has 0 aliphatic heterocycles. The Morgan fingerprint density at radius 3 is 2.11 bits per heavy atom. The van der Waals surface area contributed by atoms with E-state index in [4.69, 9.17) is 9.16 Å². The van der Waals surface area contributed by atoms with Gasteiger partial charge in [0.05, 0.1) is 12.2 Å². The molecule has 0 rings (SSSR count). The van der Waals surface area contributed by atoms with Gasteiger partial charge in [0.25, 0.3) is 0 Å². The summed E-state index contributed by atoms with van der Waals surface area (Å²) >= 11 is 0. The number of allylic oxidation sites excluding steroid dienone is 3. The molecule has 0 N–H and O–H groups in total. The lowest BCUT2D eigenvalue weighted by Gasteiger charge is -2.39. The van der Waals surface area contributed by atoms with Crippen molar-refractivity contribution in [3.05, 3.63) is 35.5 Å². The molecule has 1 atom stereocenters. The molecule has 0 heterocycles. The summed E-state index contributed by atoms with van der Waals surface area (Å²) in [5.74, 6) is -0.250. The van der Waals surface area contributed by atoms with E-state index in [2.05, 4.69) is 60.4 Å². The molecule has 28 heavy (non-hydrogen) atoms. The molecule has 162 valence electrons. The maximum absolute atomic E-state index is 11.7. The molecule has 0 aliphatic carbocycles. The van der Waals surface area contributed by atoms with Crippen molar-refractivity contribution in [2.75, 3.05) is 0 Å². The standard InChI is InChI=1S/C24H44O3Si/c1-18(2)22(27-28(10,11)24(7,8)9)16-15-20(5)13-12-14-21(6)17-23(25)26-19(3)4/h13,17,19,22H,1,12,14-16H2,2-11H3. The summed E-state index contributed by atoms with van der Waals surface area (Å²) in [5.41, 5.74) is 3.53. The molecule has 0 aliphatic rings. The SMILES string of the molecule is C=C(C)C(CCC(C)=CCCC(C)=CC(=O)OC(C)C)O[Si](C)(C)C(C)(C)C. The Labute approximate surface area is 175 Å². The third-order valence-corrected chi connectivity index (χ3v) is 9.83. The third kappa shape index (κ3) is 11.0. The van der Waals surface area contributed by atoms with E-state index in [0.29, 0.717) is 0 Å². The molecule has 4 heteroatoms. The van der Waals surface area contributed by atoms with Crippen LogP contribution in [0, 0.1) is 0 Å². The molecular formula is C24H44O3Si. The highest BCUT2D eigenvalue weighted by molar-refractivity contribution is 6.74.